The Bertz CT molecular complexity index is 959. The van der Waals surface area contributed by atoms with E-state index in [0.29, 0.717) is 29.2 Å². The molecule has 6 heteroatoms. The highest BCUT2D eigenvalue weighted by Crippen LogP contribution is 2.37. The second kappa shape index (κ2) is 6.76. The van der Waals surface area contributed by atoms with Gasteiger partial charge in [-0.25, -0.2) is 0 Å². The lowest BCUT2D eigenvalue weighted by Gasteiger charge is -2.10. The third-order valence-electron chi connectivity index (χ3n) is 4.15. The number of aryl methyl sites for hydroxylation is 1. The number of carbonyl (C=O) groups is 1. The molecule has 2 aromatic heterocycles. The summed E-state index contributed by atoms with van der Waals surface area (Å²) in [5.74, 6) is 0.517. The molecule has 0 fully saturated rings. The van der Waals surface area contributed by atoms with Crippen LogP contribution in [-0.2, 0) is 6.42 Å². The van der Waals surface area contributed by atoms with Gasteiger partial charge in [-0.05, 0) is 37.1 Å². The number of aldehydes is 1. The zero-order chi connectivity index (χ0) is 18.0. The van der Waals surface area contributed by atoms with Crippen LogP contribution in [0, 0.1) is 10.1 Å². The van der Waals surface area contributed by atoms with E-state index in [9.17, 15) is 14.9 Å². The maximum Gasteiger partial charge on any atom is 0.270 e. The number of aromatic nitrogens is 1. The van der Waals surface area contributed by atoms with E-state index >= 15 is 0 Å². The molecule has 0 aliphatic rings. The van der Waals surface area contributed by atoms with Crippen molar-refractivity contribution in [1.29, 1.82) is 0 Å². The summed E-state index contributed by atoms with van der Waals surface area (Å²) in [5, 5.41) is 11.2. The molecular formula is C19H18N2O4. The maximum absolute atomic E-state index is 11.8. The number of nitrogens with zero attached hydrogens (tertiary/aromatic N) is 2. The van der Waals surface area contributed by atoms with Gasteiger partial charge in [0.05, 0.1) is 17.2 Å². The topological polar surface area (TPSA) is 73.8 Å². The monoisotopic (exact) mass is 338 g/mol. The number of fused-ring (bicyclic) bond motifs is 1. The molecule has 1 aromatic carbocycles. The van der Waals surface area contributed by atoms with Crippen molar-refractivity contribution in [2.24, 2.45) is 0 Å². The van der Waals surface area contributed by atoms with Crippen LogP contribution in [0.3, 0.4) is 0 Å². The number of hydrogen-bond donors (Lipinski definition) is 0. The number of nitro groups is 1. The highest BCUT2D eigenvalue weighted by atomic mass is 16.6. The fraction of sp³-hybridized carbons (Fsp3) is 0.211. The minimum absolute atomic E-state index is 0.0418. The molecule has 0 aliphatic heterocycles. The van der Waals surface area contributed by atoms with E-state index < -0.39 is 4.92 Å². The third kappa shape index (κ3) is 2.98. The van der Waals surface area contributed by atoms with Crippen molar-refractivity contribution in [2.45, 2.75) is 20.3 Å². The SMILES string of the molecule is CCOc1ccc([N+](=O)[O-])cc1-c1cc2ccc(CC)cn2c1C=O. The van der Waals surface area contributed by atoms with E-state index in [0.717, 1.165) is 23.8 Å². The van der Waals surface area contributed by atoms with E-state index in [-0.39, 0.29) is 5.69 Å². The predicted octanol–water partition coefficient (Wildman–Crippen LogP) is 4.29. The molecule has 0 radical (unpaired) electrons. The summed E-state index contributed by atoms with van der Waals surface area (Å²) in [4.78, 5) is 22.5. The van der Waals surface area contributed by atoms with Gasteiger partial charge >= 0.3 is 0 Å². The molecule has 0 bridgehead atoms. The number of non-ortho nitro benzene ring substituents is 1. The summed E-state index contributed by atoms with van der Waals surface area (Å²) < 4.78 is 7.43. The van der Waals surface area contributed by atoms with Crippen LogP contribution in [0.5, 0.6) is 5.75 Å². The van der Waals surface area contributed by atoms with Crippen molar-refractivity contribution < 1.29 is 14.5 Å². The van der Waals surface area contributed by atoms with Crippen molar-refractivity contribution in [3.05, 3.63) is 64.0 Å². The number of carbonyl (C=O) groups excluding carboxylic acids is 1. The first-order valence-corrected chi connectivity index (χ1v) is 8.09. The lowest BCUT2D eigenvalue weighted by Crippen LogP contribution is -1.98. The molecule has 0 spiro atoms. The summed E-state index contributed by atoms with van der Waals surface area (Å²) in [6, 6.07) is 10.2. The fourth-order valence-electron chi connectivity index (χ4n) is 2.90. The maximum atomic E-state index is 11.8. The molecule has 2 heterocycles. The highest BCUT2D eigenvalue weighted by Gasteiger charge is 2.19. The Kier molecular flexibility index (Phi) is 4.52. The second-order valence-electron chi connectivity index (χ2n) is 5.62. The number of ether oxygens (including phenoxy) is 1. The van der Waals surface area contributed by atoms with Crippen LogP contribution in [0.25, 0.3) is 16.6 Å². The standard InChI is InChI=1S/C19H18N2O4/c1-3-13-5-6-14-9-16(18(12-22)20(14)11-13)17-10-15(21(23)24)7-8-19(17)25-4-2/h5-12H,3-4H2,1-2H3. The average Bonchev–Trinajstić information content (AvgIpc) is 2.99. The quantitative estimate of drug-likeness (QED) is 0.382. The van der Waals surface area contributed by atoms with Crippen molar-refractivity contribution in [2.75, 3.05) is 6.61 Å². The van der Waals surface area contributed by atoms with Crippen LogP contribution in [0.4, 0.5) is 5.69 Å². The minimum atomic E-state index is -0.454. The minimum Gasteiger partial charge on any atom is -0.493 e. The van der Waals surface area contributed by atoms with Crippen molar-refractivity contribution in [1.82, 2.24) is 4.40 Å². The van der Waals surface area contributed by atoms with Gasteiger partial charge in [0.15, 0.2) is 6.29 Å². The third-order valence-corrected chi connectivity index (χ3v) is 4.15. The molecule has 6 nitrogen and oxygen atoms in total. The molecule has 0 amide bonds. The van der Waals surface area contributed by atoms with Gasteiger partial charge in [0.25, 0.3) is 5.69 Å². The van der Waals surface area contributed by atoms with Crippen LogP contribution >= 0.6 is 0 Å². The normalized spacial score (nSPS) is 10.8. The van der Waals surface area contributed by atoms with Gasteiger partial charge in [-0.15, -0.1) is 0 Å². The molecule has 0 unspecified atom stereocenters. The van der Waals surface area contributed by atoms with Gasteiger partial charge in [0.2, 0.25) is 0 Å². The summed E-state index contributed by atoms with van der Waals surface area (Å²) in [5.41, 5.74) is 3.52. The van der Waals surface area contributed by atoms with Crippen molar-refractivity contribution >= 4 is 17.5 Å². The van der Waals surface area contributed by atoms with Crippen LogP contribution in [0.15, 0.2) is 42.6 Å². The van der Waals surface area contributed by atoms with Crippen LogP contribution in [0.1, 0.15) is 29.9 Å². The Labute approximate surface area is 144 Å². The van der Waals surface area contributed by atoms with Crippen LogP contribution in [-0.4, -0.2) is 22.2 Å². The molecule has 0 saturated carbocycles. The fourth-order valence-corrected chi connectivity index (χ4v) is 2.90. The summed E-state index contributed by atoms with van der Waals surface area (Å²) in [7, 11) is 0. The zero-order valence-corrected chi connectivity index (χ0v) is 14.1. The molecule has 0 atom stereocenters. The predicted molar refractivity (Wildman–Crippen MR) is 95.4 cm³/mol. The Morgan fingerprint density at radius 3 is 2.60 bits per heavy atom. The summed E-state index contributed by atoms with van der Waals surface area (Å²) in [6.45, 7) is 4.31. The van der Waals surface area contributed by atoms with Gasteiger partial charge < -0.3 is 9.14 Å². The molecule has 25 heavy (non-hydrogen) atoms. The number of hydrogen-bond acceptors (Lipinski definition) is 4. The van der Waals surface area contributed by atoms with E-state index in [1.807, 2.05) is 42.6 Å². The first-order chi connectivity index (χ1) is 12.1. The van der Waals surface area contributed by atoms with Gasteiger partial charge in [0, 0.05) is 35.0 Å². The van der Waals surface area contributed by atoms with E-state index in [1.54, 1.807) is 6.07 Å². The molecule has 3 aromatic rings. The Morgan fingerprint density at radius 2 is 1.96 bits per heavy atom. The number of pyridine rings is 1. The molecule has 3 rings (SSSR count). The number of rotatable bonds is 6. The first kappa shape index (κ1) is 16.7. The van der Waals surface area contributed by atoms with Crippen molar-refractivity contribution in [3.8, 4) is 16.9 Å². The molecule has 0 saturated heterocycles. The molecular weight excluding hydrogens is 320 g/mol. The lowest BCUT2D eigenvalue weighted by atomic mass is 10.0. The number of nitro benzene ring substituents is 1. The first-order valence-electron chi connectivity index (χ1n) is 8.09. The zero-order valence-electron chi connectivity index (χ0n) is 14.1. The Morgan fingerprint density at radius 1 is 1.16 bits per heavy atom. The van der Waals surface area contributed by atoms with E-state index in [2.05, 4.69) is 0 Å². The Hall–Kier alpha value is -3.15. The van der Waals surface area contributed by atoms with Gasteiger partial charge in [0.1, 0.15) is 5.75 Å². The molecule has 128 valence electrons. The van der Waals surface area contributed by atoms with Crippen molar-refractivity contribution in [3.63, 3.8) is 0 Å². The van der Waals surface area contributed by atoms with Crippen LogP contribution < -0.4 is 4.74 Å². The van der Waals surface area contributed by atoms with Gasteiger partial charge in [-0.2, -0.15) is 0 Å². The highest BCUT2D eigenvalue weighted by molar-refractivity contribution is 5.92. The van der Waals surface area contributed by atoms with E-state index in [1.165, 1.54) is 12.1 Å². The largest absolute Gasteiger partial charge is 0.493 e. The van der Waals surface area contributed by atoms with Crippen LogP contribution in [0.2, 0.25) is 0 Å². The summed E-state index contributed by atoms with van der Waals surface area (Å²) >= 11 is 0. The average molecular weight is 338 g/mol. The van der Waals surface area contributed by atoms with E-state index in [4.69, 9.17) is 4.74 Å². The summed E-state index contributed by atoms with van der Waals surface area (Å²) in [6.07, 6.45) is 3.54. The molecule has 0 N–H and O–H groups in total. The van der Waals surface area contributed by atoms with Gasteiger partial charge in [-0.1, -0.05) is 13.0 Å². The number of benzene rings is 1. The smallest absolute Gasteiger partial charge is 0.270 e. The van der Waals surface area contributed by atoms with Gasteiger partial charge in [-0.3, -0.25) is 14.9 Å². The lowest BCUT2D eigenvalue weighted by molar-refractivity contribution is -0.384. The second-order valence-corrected chi connectivity index (χ2v) is 5.62. The molecule has 0 aliphatic carbocycles. The Balaban J connectivity index is 2.29.